The molecule has 0 saturated carbocycles. The summed E-state index contributed by atoms with van der Waals surface area (Å²) < 4.78 is 56.1. The van der Waals surface area contributed by atoms with Crippen LogP contribution in [-0.4, -0.2) is 24.4 Å². The lowest BCUT2D eigenvalue weighted by Crippen LogP contribution is -2.23. The summed E-state index contributed by atoms with van der Waals surface area (Å²) in [6.45, 7) is -0.801. The molecule has 10 heteroatoms. The van der Waals surface area contributed by atoms with E-state index < -0.39 is 47.6 Å². The first-order valence-electron chi connectivity index (χ1n) is 8.32. The summed E-state index contributed by atoms with van der Waals surface area (Å²) >= 11 is 0. The van der Waals surface area contributed by atoms with Gasteiger partial charge in [-0.3, -0.25) is 14.4 Å². The highest BCUT2D eigenvalue weighted by atomic mass is 19.4. The Bertz CT molecular complexity index is 883. The highest BCUT2D eigenvalue weighted by molar-refractivity contribution is 5.94. The van der Waals surface area contributed by atoms with E-state index in [9.17, 15) is 31.9 Å². The van der Waals surface area contributed by atoms with Gasteiger partial charge in [-0.1, -0.05) is 12.1 Å². The Morgan fingerprint density at radius 2 is 1.52 bits per heavy atom. The van der Waals surface area contributed by atoms with Crippen LogP contribution in [0.3, 0.4) is 0 Å². The molecule has 0 bridgehead atoms. The number of benzene rings is 2. The number of anilines is 2. The van der Waals surface area contributed by atoms with Crippen LogP contribution in [0.2, 0.25) is 0 Å². The van der Waals surface area contributed by atoms with Gasteiger partial charge in [-0.2, -0.15) is 13.2 Å². The van der Waals surface area contributed by atoms with E-state index in [1.165, 1.54) is 24.3 Å². The van der Waals surface area contributed by atoms with E-state index in [1.807, 2.05) is 5.32 Å². The number of carbonyl (C=O) groups is 3. The van der Waals surface area contributed by atoms with Gasteiger partial charge in [0, 0.05) is 12.1 Å². The zero-order valence-electron chi connectivity index (χ0n) is 14.9. The number of nitrogens with one attached hydrogen (secondary N) is 2. The van der Waals surface area contributed by atoms with Crippen LogP contribution in [0.4, 0.5) is 28.9 Å². The summed E-state index contributed by atoms with van der Waals surface area (Å²) in [5.41, 5.74) is -1.15. The molecular formula is C19H16F4N2O4. The topological polar surface area (TPSA) is 84.5 Å². The first-order chi connectivity index (χ1) is 13.6. The van der Waals surface area contributed by atoms with E-state index in [1.54, 1.807) is 0 Å². The van der Waals surface area contributed by atoms with Crippen molar-refractivity contribution in [1.29, 1.82) is 0 Å². The number of halogens is 4. The van der Waals surface area contributed by atoms with E-state index in [2.05, 4.69) is 10.1 Å². The predicted molar refractivity (Wildman–Crippen MR) is 95.3 cm³/mol. The molecule has 2 rings (SSSR count). The lowest BCUT2D eigenvalue weighted by atomic mass is 10.1. The van der Waals surface area contributed by atoms with Crippen molar-refractivity contribution < 1.29 is 36.7 Å². The second-order valence-corrected chi connectivity index (χ2v) is 5.81. The summed E-state index contributed by atoms with van der Waals surface area (Å²) in [6, 6.07) is 9.36. The highest BCUT2D eigenvalue weighted by Crippen LogP contribution is 2.34. The molecule has 154 valence electrons. The first-order valence-corrected chi connectivity index (χ1v) is 8.32. The van der Waals surface area contributed by atoms with Crippen LogP contribution in [0.15, 0.2) is 48.5 Å². The normalized spacial score (nSPS) is 10.9. The van der Waals surface area contributed by atoms with Crippen LogP contribution in [0, 0.1) is 5.82 Å². The number of hydrogen-bond donors (Lipinski definition) is 2. The summed E-state index contributed by atoms with van der Waals surface area (Å²) in [7, 11) is 0. The average molecular weight is 412 g/mol. The van der Waals surface area contributed by atoms with Crippen molar-refractivity contribution in [2.24, 2.45) is 0 Å². The van der Waals surface area contributed by atoms with Crippen LogP contribution in [0.25, 0.3) is 0 Å². The fourth-order valence-electron chi connectivity index (χ4n) is 2.22. The number of rotatable bonds is 7. The molecule has 0 unspecified atom stereocenters. The average Bonchev–Trinajstić information content (AvgIpc) is 2.66. The molecule has 0 saturated heterocycles. The minimum Gasteiger partial charge on any atom is -0.456 e. The maximum atomic E-state index is 12.9. The van der Waals surface area contributed by atoms with Gasteiger partial charge < -0.3 is 15.4 Å². The molecule has 2 aromatic carbocycles. The van der Waals surface area contributed by atoms with Crippen LogP contribution in [0.1, 0.15) is 18.4 Å². The fourth-order valence-corrected chi connectivity index (χ4v) is 2.22. The quantitative estimate of drug-likeness (QED) is 0.536. The maximum Gasteiger partial charge on any atom is 0.418 e. The molecule has 0 atom stereocenters. The molecule has 2 aromatic rings. The van der Waals surface area contributed by atoms with Crippen molar-refractivity contribution in [1.82, 2.24) is 0 Å². The molecule has 2 N–H and O–H groups in total. The van der Waals surface area contributed by atoms with E-state index in [4.69, 9.17) is 0 Å². The van der Waals surface area contributed by atoms with Crippen molar-refractivity contribution in [2.75, 3.05) is 17.2 Å². The Kier molecular flexibility index (Phi) is 7.29. The Balaban J connectivity index is 1.75. The minimum atomic E-state index is -4.65. The van der Waals surface area contributed by atoms with Crippen LogP contribution in [-0.2, 0) is 25.3 Å². The van der Waals surface area contributed by atoms with Gasteiger partial charge in [-0.25, -0.2) is 4.39 Å². The molecule has 0 radical (unpaired) electrons. The Labute approximate surface area is 162 Å². The van der Waals surface area contributed by atoms with Crippen LogP contribution in [0.5, 0.6) is 0 Å². The standard InChI is InChI=1S/C19H16F4N2O4/c20-12-5-7-13(8-6-12)24-16(26)9-10-18(28)29-11-17(27)25-15-4-2-1-3-14(15)19(21,22)23/h1-8H,9-11H2,(H,24,26)(H,25,27). The number of amides is 2. The Morgan fingerprint density at radius 1 is 0.862 bits per heavy atom. The molecule has 0 aliphatic heterocycles. The van der Waals surface area contributed by atoms with E-state index in [0.29, 0.717) is 5.69 Å². The third kappa shape index (κ3) is 7.24. The van der Waals surface area contributed by atoms with Crippen molar-refractivity contribution in [3.8, 4) is 0 Å². The second kappa shape index (κ2) is 9.67. The van der Waals surface area contributed by atoms with Crippen molar-refractivity contribution >= 4 is 29.2 Å². The van der Waals surface area contributed by atoms with Gasteiger partial charge in [-0.15, -0.1) is 0 Å². The molecule has 0 heterocycles. The lowest BCUT2D eigenvalue weighted by molar-refractivity contribution is -0.148. The fraction of sp³-hybridized carbons (Fsp3) is 0.211. The summed E-state index contributed by atoms with van der Waals surface area (Å²) in [5, 5.41) is 4.47. The number of carbonyl (C=O) groups excluding carboxylic acids is 3. The van der Waals surface area contributed by atoms with E-state index in [0.717, 1.165) is 24.3 Å². The van der Waals surface area contributed by atoms with Gasteiger partial charge in [0.15, 0.2) is 6.61 Å². The Morgan fingerprint density at radius 3 is 2.17 bits per heavy atom. The molecule has 6 nitrogen and oxygen atoms in total. The summed E-state index contributed by atoms with van der Waals surface area (Å²) in [4.78, 5) is 35.1. The largest absolute Gasteiger partial charge is 0.456 e. The minimum absolute atomic E-state index is 0.255. The lowest BCUT2D eigenvalue weighted by Gasteiger charge is -2.13. The maximum absolute atomic E-state index is 12.9. The van der Waals surface area contributed by atoms with E-state index >= 15 is 0 Å². The van der Waals surface area contributed by atoms with Gasteiger partial charge in [0.25, 0.3) is 5.91 Å². The molecule has 0 aromatic heterocycles. The molecule has 2 amide bonds. The van der Waals surface area contributed by atoms with Gasteiger partial charge in [0.1, 0.15) is 5.82 Å². The van der Waals surface area contributed by atoms with E-state index in [-0.39, 0.29) is 12.8 Å². The molecule has 0 aliphatic carbocycles. The summed E-state index contributed by atoms with van der Waals surface area (Å²) in [6.07, 6.45) is -5.26. The third-order valence-electron chi connectivity index (χ3n) is 3.55. The van der Waals surface area contributed by atoms with Crippen molar-refractivity contribution in [2.45, 2.75) is 19.0 Å². The third-order valence-corrected chi connectivity index (χ3v) is 3.55. The zero-order chi connectivity index (χ0) is 21.4. The van der Waals surface area contributed by atoms with Gasteiger partial charge in [0.2, 0.25) is 5.91 Å². The zero-order valence-corrected chi connectivity index (χ0v) is 14.9. The Hall–Kier alpha value is -3.43. The molecular weight excluding hydrogens is 396 g/mol. The van der Waals surface area contributed by atoms with Crippen molar-refractivity contribution in [3.63, 3.8) is 0 Å². The van der Waals surface area contributed by atoms with Gasteiger partial charge >= 0.3 is 12.1 Å². The smallest absolute Gasteiger partial charge is 0.418 e. The number of esters is 1. The number of hydrogen-bond acceptors (Lipinski definition) is 4. The second-order valence-electron chi connectivity index (χ2n) is 5.81. The monoisotopic (exact) mass is 412 g/mol. The molecule has 0 spiro atoms. The number of para-hydroxylation sites is 1. The SMILES string of the molecule is O=C(CCC(=O)OCC(=O)Nc1ccccc1C(F)(F)F)Nc1ccc(F)cc1. The first kappa shape index (κ1) is 21.9. The highest BCUT2D eigenvalue weighted by Gasteiger charge is 2.33. The molecule has 0 fully saturated rings. The predicted octanol–water partition coefficient (Wildman–Crippen LogP) is 3.75. The molecule has 0 aliphatic rings. The summed E-state index contributed by atoms with van der Waals surface area (Å²) in [5.74, 6) is -2.83. The van der Waals surface area contributed by atoms with Gasteiger partial charge in [-0.05, 0) is 36.4 Å². The van der Waals surface area contributed by atoms with Gasteiger partial charge in [0.05, 0.1) is 17.7 Å². The van der Waals surface area contributed by atoms with Crippen molar-refractivity contribution in [3.05, 3.63) is 59.9 Å². The molecule has 29 heavy (non-hydrogen) atoms. The van der Waals surface area contributed by atoms with Crippen LogP contribution < -0.4 is 10.6 Å². The number of ether oxygens (including phenoxy) is 1. The number of alkyl halides is 3. The van der Waals surface area contributed by atoms with Crippen LogP contribution >= 0.6 is 0 Å².